The van der Waals surface area contributed by atoms with Crippen LogP contribution in [0.3, 0.4) is 0 Å². The van der Waals surface area contributed by atoms with E-state index >= 15 is 0 Å². The number of sulfonamides is 1. The number of esters is 1. The fraction of sp³-hybridized carbons (Fsp3) is 0.357. The number of anilines is 1. The highest BCUT2D eigenvalue weighted by molar-refractivity contribution is 7.94. The van der Waals surface area contributed by atoms with Gasteiger partial charge in [0.05, 0.1) is 13.7 Å². The topological polar surface area (TPSA) is 98.5 Å². The maximum Gasteiger partial charge on any atom is 0.325 e. The summed E-state index contributed by atoms with van der Waals surface area (Å²) in [5, 5.41) is -1.29. The highest BCUT2D eigenvalue weighted by atomic mass is 32.2. The van der Waals surface area contributed by atoms with Gasteiger partial charge >= 0.3 is 5.97 Å². The molecule has 1 rings (SSSR count). The molecule has 0 spiro atoms. The van der Waals surface area contributed by atoms with E-state index < -0.39 is 21.2 Å². The molecule has 0 saturated carbocycles. The molecular weight excluding hydrogens is 292 g/mol. The Morgan fingerprint density at radius 1 is 1.48 bits per heavy atom. The maximum absolute atomic E-state index is 12.0. The van der Waals surface area contributed by atoms with Gasteiger partial charge in [-0.25, -0.2) is 8.42 Å². The molecule has 7 heteroatoms. The molecule has 0 fully saturated rings. The summed E-state index contributed by atoms with van der Waals surface area (Å²) in [7, 11) is -2.71. The van der Waals surface area contributed by atoms with E-state index in [-0.39, 0.29) is 6.54 Å². The second kappa shape index (κ2) is 7.11. The lowest BCUT2D eigenvalue weighted by molar-refractivity contribution is -0.139. The summed E-state index contributed by atoms with van der Waals surface area (Å²) in [6.45, 7) is 3.33. The molecule has 1 atom stereocenters. The van der Waals surface area contributed by atoms with Crippen molar-refractivity contribution in [2.24, 2.45) is 5.73 Å². The van der Waals surface area contributed by atoms with E-state index in [0.29, 0.717) is 5.69 Å². The fourth-order valence-corrected chi connectivity index (χ4v) is 2.54. The van der Waals surface area contributed by atoms with Crippen LogP contribution < -0.4 is 10.5 Å². The third kappa shape index (κ3) is 4.48. The van der Waals surface area contributed by atoms with Crippen molar-refractivity contribution < 1.29 is 17.9 Å². The molecule has 0 radical (unpaired) electrons. The van der Waals surface area contributed by atoms with Crippen LogP contribution in [-0.4, -0.2) is 33.3 Å². The summed E-state index contributed by atoms with van der Waals surface area (Å²) in [6, 6.07) is 4.91. The molecule has 0 aliphatic carbocycles. The number of hydrogen-bond donors (Lipinski definition) is 2. The van der Waals surface area contributed by atoms with Crippen molar-refractivity contribution in [2.45, 2.75) is 19.1 Å². The molecule has 0 aliphatic heterocycles. The van der Waals surface area contributed by atoms with Crippen molar-refractivity contribution in [3.63, 3.8) is 0 Å². The van der Waals surface area contributed by atoms with Crippen molar-refractivity contribution in [2.75, 3.05) is 18.4 Å². The number of carbonyl (C=O) groups excluding carboxylic acids is 1. The van der Waals surface area contributed by atoms with Gasteiger partial charge in [-0.1, -0.05) is 11.8 Å². The lowest BCUT2D eigenvalue weighted by atomic mass is 10.1. The van der Waals surface area contributed by atoms with E-state index in [4.69, 9.17) is 5.73 Å². The summed E-state index contributed by atoms with van der Waals surface area (Å²) in [4.78, 5) is 11.3. The summed E-state index contributed by atoms with van der Waals surface area (Å²) >= 11 is 0. The van der Waals surface area contributed by atoms with Gasteiger partial charge in [0, 0.05) is 11.3 Å². The van der Waals surface area contributed by atoms with E-state index in [0.717, 1.165) is 18.2 Å². The van der Waals surface area contributed by atoms with E-state index in [1.165, 1.54) is 6.92 Å². The highest BCUT2D eigenvalue weighted by Gasteiger charge is 2.28. The first-order valence-electron chi connectivity index (χ1n) is 6.21. The van der Waals surface area contributed by atoms with Gasteiger partial charge in [0.2, 0.25) is 10.0 Å². The summed E-state index contributed by atoms with van der Waals surface area (Å²) in [6.07, 6.45) is 0. The number of hydrogen-bond acceptors (Lipinski definition) is 5. The number of nitrogens with two attached hydrogens (primary N) is 1. The number of carbonyl (C=O) groups is 1. The van der Waals surface area contributed by atoms with E-state index in [1.54, 1.807) is 18.2 Å². The second-order valence-electron chi connectivity index (χ2n) is 4.35. The summed E-state index contributed by atoms with van der Waals surface area (Å²) in [5.74, 6) is 4.80. The van der Waals surface area contributed by atoms with Crippen LogP contribution >= 0.6 is 0 Å². The minimum atomic E-state index is -3.85. The predicted octanol–water partition coefficient (Wildman–Crippen LogP) is 0.608. The van der Waals surface area contributed by atoms with Gasteiger partial charge in [0.25, 0.3) is 0 Å². The van der Waals surface area contributed by atoms with Crippen molar-refractivity contribution in [3.05, 3.63) is 29.3 Å². The van der Waals surface area contributed by atoms with Crippen molar-refractivity contribution >= 4 is 21.7 Å². The van der Waals surface area contributed by atoms with Gasteiger partial charge in [-0.05, 0) is 37.6 Å². The van der Waals surface area contributed by atoms with Crippen LogP contribution in [-0.2, 0) is 19.6 Å². The Labute approximate surface area is 124 Å². The SMILES string of the molecule is COC(=O)C(C)S(=O)(=O)Nc1ccc(C#CCN)c(C)c1. The number of rotatable bonds is 4. The first-order chi connectivity index (χ1) is 9.81. The maximum atomic E-state index is 12.0. The molecule has 0 aliphatic rings. The first kappa shape index (κ1) is 17.0. The standard InChI is InChI=1S/C14H18N2O4S/c1-10-9-13(7-6-12(10)5-4-8-15)16-21(18,19)11(2)14(17)20-3/h6-7,9,11,16H,8,15H2,1-3H3. The van der Waals surface area contributed by atoms with Gasteiger partial charge in [-0.3, -0.25) is 9.52 Å². The summed E-state index contributed by atoms with van der Waals surface area (Å²) in [5.41, 5.74) is 7.24. The Morgan fingerprint density at radius 2 is 2.14 bits per heavy atom. The smallest absolute Gasteiger partial charge is 0.325 e. The Balaban J connectivity index is 2.99. The number of nitrogens with one attached hydrogen (secondary N) is 1. The van der Waals surface area contributed by atoms with Gasteiger partial charge in [-0.15, -0.1) is 0 Å². The lowest BCUT2D eigenvalue weighted by Crippen LogP contribution is -2.33. The van der Waals surface area contributed by atoms with Gasteiger partial charge in [-0.2, -0.15) is 0 Å². The molecule has 1 aromatic carbocycles. The fourth-order valence-electron chi connectivity index (χ4n) is 1.56. The van der Waals surface area contributed by atoms with Crippen LogP contribution in [0, 0.1) is 18.8 Å². The van der Waals surface area contributed by atoms with Crippen LogP contribution in [0.15, 0.2) is 18.2 Å². The number of methoxy groups -OCH3 is 1. The Bertz CT molecular complexity index is 687. The molecule has 114 valence electrons. The number of ether oxygens (including phenoxy) is 1. The van der Waals surface area contributed by atoms with Crippen molar-refractivity contribution in [1.29, 1.82) is 0 Å². The monoisotopic (exact) mass is 310 g/mol. The Morgan fingerprint density at radius 3 is 2.67 bits per heavy atom. The van der Waals surface area contributed by atoms with E-state index in [2.05, 4.69) is 21.3 Å². The third-order valence-corrected chi connectivity index (χ3v) is 4.45. The zero-order valence-corrected chi connectivity index (χ0v) is 13.0. The van der Waals surface area contributed by atoms with E-state index in [9.17, 15) is 13.2 Å². The molecule has 0 bridgehead atoms. The average molecular weight is 310 g/mol. The Kier molecular flexibility index (Phi) is 5.76. The molecule has 6 nitrogen and oxygen atoms in total. The number of aryl methyl sites for hydroxylation is 1. The minimum Gasteiger partial charge on any atom is -0.468 e. The second-order valence-corrected chi connectivity index (χ2v) is 6.35. The largest absolute Gasteiger partial charge is 0.468 e. The molecular formula is C14H18N2O4S. The van der Waals surface area contributed by atoms with Crippen LogP contribution in [0.1, 0.15) is 18.1 Å². The van der Waals surface area contributed by atoms with Crippen LogP contribution in [0.25, 0.3) is 0 Å². The zero-order valence-electron chi connectivity index (χ0n) is 12.1. The summed E-state index contributed by atoms with van der Waals surface area (Å²) < 4.78 is 30.8. The zero-order chi connectivity index (χ0) is 16.0. The minimum absolute atomic E-state index is 0.254. The molecule has 0 aromatic heterocycles. The van der Waals surface area contributed by atoms with Gasteiger partial charge < -0.3 is 10.5 Å². The van der Waals surface area contributed by atoms with Gasteiger partial charge in [0.1, 0.15) is 0 Å². The van der Waals surface area contributed by atoms with Crippen molar-refractivity contribution in [3.8, 4) is 11.8 Å². The normalized spacial score (nSPS) is 12.0. The molecule has 21 heavy (non-hydrogen) atoms. The molecule has 0 heterocycles. The first-order valence-corrected chi connectivity index (χ1v) is 7.75. The number of benzene rings is 1. The predicted molar refractivity (Wildman–Crippen MR) is 81.1 cm³/mol. The van der Waals surface area contributed by atoms with Crippen LogP contribution in [0.5, 0.6) is 0 Å². The third-order valence-electron chi connectivity index (χ3n) is 2.81. The highest BCUT2D eigenvalue weighted by Crippen LogP contribution is 2.17. The molecule has 0 saturated heterocycles. The van der Waals surface area contributed by atoms with Crippen molar-refractivity contribution in [1.82, 2.24) is 0 Å². The molecule has 3 N–H and O–H groups in total. The lowest BCUT2D eigenvalue weighted by Gasteiger charge is -2.13. The average Bonchev–Trinajstić information content (AvgIpc) is 2.44. The van der Waals surface area contributed by atoms with Crippen LogP contribution in [0.4, 0.5) is 5.69 Å². The van der Waals surface area contributed by atoms with E-state index in [1.807, 2.05) is 6.92 Å². The molecule has 1 aromatic rings. The molecule has 1 unspecified atom stereocenters. The van der Waals surface area contributed by atoms with Gasteiger partial charge in [0.15, 0.2) is 5.25 Å². The van der Waals surface area contributed by atoms with Crippen LogP contribution in [0.2, 0.25) is 0 Å². The quantitative estimate of drug-likeness (QED) is 0.627. The Hall–Kier alpha value is -2.04. The molecule has 0 amide bonds.